The van der Waals surface area contributed by atoms with Gasteiger partial charge in [0.15, 0.2) is 5.96 Å². The van der Waals surface area contributed by atoms with Gasteiger partial charge in [-0.2, -0.15) is 0 Å². The van der Waals surface area contributed by atoms with Crippen LogP contribution in [0.1, 0.15) is 18.1 Å². The Morgan fingerprint density at radius 2 is 2.18 bits per heavy atom. The second-order valence-corrected chi connectivity index (χ2v) is 3.89. The molecule has 0 fully saturated rings. The third-order valence-corrected chi connectivity index (χ3v) is 2.52. The van der Waals surface area contributed by atoms with Gasteiger partial charge in [-0.15, -0.1) is 0 Å². The van der Waals surface area contributed by atoms with Crippen LogP contribution in [0.2, 0.25) is 0 Å². The Bertz CT molecular complexity index is 442. The Hall–Kier alpha value is -2.04. The molecule has 5 heteroatoms. The highest BCUT2D eigenvalue weighted by Gasteiger charge is 2.14. The van der Waals surface area contributed by atoms with Crippen molar-refractivity contribution in [2.24, 2.45) is 5.73 Å². The number of guanidine groups is 1. The number of benzene rings is 1. The largest absolute Gasteiger partial charge is 0.370 e. The highest BCUT2D eigenvalue weighted by atomic mass is 16.2. The van der Waals surface area contributed by atoms with Gasteiger partial charge in [0.05, 0.1) is 0 Å². The molecule has 0 saturated heterocycles. The summed E-state index contributed by atoms with van der Waals surface area (Å²) in [7, 11) is 1.65. The molecule has 4 N–H and O–H groups in total. The molecule has 0 aromatic heterocycles. The summed E-state index contributed by atoms with van der Waals surface area (Å²) < 4.78 is 0. The summed E-state index contributed by atoms with van der Waals surface area (Å²) in [5.74, 6) is -0.355. The van der Waals surface area contributed by atoms with Gasteiger partial charge in [0.1, 0.15) is 0 Å². The molecule has 1 aromatic carbocycles. The Morgan fingerprint density at radius 3 is 2.71 bits per heavy atom. The fraction of sp³-hybridized carbons (Fsp3) is 0.333. The predicted molar refractivity (Wildman–Crippen MR) is 69.4 cm³/mol. The maximum absolute atomic E-state index is 11.7. The minimum atomic E-state index is -0.406. The molecule has 0 atom stereocenters. The predicted octanol–water partition coefficient (Wildman–Crippen LogP) is 1.60. The van der Waals surface area contributed by atoms with Crippen LogP contribution in [-0.4, -0.2) is 19.0 Å². The van der Waals surface area contributed by atoms with Gasteiger partial charge in [-0.25, -0.2) is 4.79 Å². The molecule has 0 saturated carbocycles. The van der Waals surface area contributed by atoms with E-state index in [1.54, 1.807) is 7.05 Å². The van der Waals surface area contributed by atoms with Crippen molar-refractivity contribution in [3.8, 4) is 0 Å². The van der Waals surface area contributed by atoms with E-state index >= 15 is 0 Å². The van der Waals surface area contributed by atoms with Gasteiger partial charge in [0.2, 0.25) is 0 Å². The molecule has 92 valence electrons. The fourth-order valence-electron chi connectivity index (χ4n) is 1.63. The van der Waals surface area contributed by atoms with Crippen LogP contribution >= 0.6 is 0 Å². The zero-order chi connectivity index (χ0) is 13.0. The normalized spacial score (nSPS) is 9.82. The standard InChI is InChI=1S/C12H18N4O/c1-4-9-7-8(2)5-6-10(9)16(3)12(17)15-11(13)14/h5-7H,4H2,1-3H3,(H4,13,14,15,17). The van der Waals surface area contributed by atoms with E-state index in [1.165, 1.54) is 4.90 Å². The number of anilines is 1. The highest BCUT2D eigenvalue weighted by molar-refractivity contribution is 6.02. The first-order valence-corrected chi connectivity index (χ1v) is 5.44. The van der Waals surface area contributed by atoms with Crippen molar-refractivity contribution in [1.29, 1.82) is 5.41 Å². The summed E-state index contributed by atoms with van der Waals surface area (Å²) in [6.07, 6.45) is 0.842. The van der Waals surface area contributed by atoms with Crippen LogP contribution in [0, 0.1) is 12.3 Å². The molecule has 1 rings (SSSR count). The Kier molecular flexibility index (Phi) is 4.09. The molecular formula is C12H18N4O. The third kappa shape index (κ3) is 3.21. The summed E-state index contributed by atoms with van der Waals surface area (Å²) in [6.45, 7) is 4.05. The van der Waals surface area contributed by atoms with E-state index in [0.717, 1.165) is 23.2 Å². The number of amides is 2. The van der Waals surface area contributed by atoms with Crippen molar-refractivity contribution in [2.75, 3.05) is 11.9 Å². The second kappa shape index (κ2) is 5.34. The van der Waals surface area contributed by atoms with Gasteiger partial charge in [-0.3, -0.25) is 15.6 Å². The zero-order valence-electron chi connectivity index (χ0n) is 10.4. The van der Waals surface area contributed by atoms with Gasteiger partial charge >= 0.3 is 6.03 Å². The van der Waals surface area contributed by atoms with Gasteiger partial charge in [-0.1, -0.05) is 24.6 Å². The number of carbonyl (C=O) groups is 1. The van der Waals surface area contributed by atoms with Crippen molar-refractivity contribution < 1.29 is 4.79 Å². The van der Waals surface area contributed by atoms with Gasteiger partial charge in [0.25, 0.3) is 0 Å². The van der Waals surface area contributed by atoms with E-state index in [4.69, 9.17) is 11.1 Å². The first-order valence-electron chi connectivity index (χ1n) is 5.44. The monoisotopic (exact) mass is 234 g/mol. The van der Waals surface area contributed by atoms with E-state index in [1.807, 2.05) is 32.0 Å². The summed E-state index contributed by atoms with van der Waals surface area (Å²) in [5.41, 5.74) is 8.21. The summed E-state index contributed by atoms with van der Waals surface area (Å²) in [4.78, 5) is 13.2. The smallest absolute Gasteiger partial charge is 0.328 e. The van der Waals surface area contributed by atoms with E-state index in [-0.39, 0.29) is 5.96 Å². The minimum Gasteiger partial charge on any atom is -0.370 e. The van der Waals surface area contributed by atoms with E-state index in [9.17, 15) is 4.79 Å². The number of rotatable bonds is 2. The quantitative estimate of drug-likeness (QED) is 0.536. The fourth-order valence-corrected chi connectivity index (χ4v) is 1.63. The van der Waals surface area contributed by atoms with Crippen LogP contribution in [-0.2, 0) is 6.42 Å². The molecule has 0 aliphatic rings. The molecule has 5 nitrogen and oxygen atoms in total. The number of nitrogens with one attached hydrogen (secondary N) is 2. The van der Waals surface area contributed by atoms with Crippen LogP contribution in [0.5, 0.6) is 0 Å². The molecule has 0 bridgehead atoms. The first-order chi connectivity index (χ1) is 7.95. The number of carbonyl (C=O) groups excluding carboxylic acids is 1. The molecule has 0 unspecified atom stereocenters. The molecule has 0 heterocycles. The van der Waals surface area contributed by atoms with Crippen molar-refractivity contribution in [1.82, 2.24) is 5.32 Å². The van der Waals surface area contributed by atoms with Gasteiger partial charge < -0.3 is 5.73 Å². The average molecular weight is 234 g/mol. The summed E-state index contributed by atoms with van der Waals surface area (Å²) in [5, 5.41) is 9.29. The number of hydrogen-bond donors (Lipinski definition) is 3. The minimum absolute atomic E-state index is 0.355. The lowest BCUT2D eigenvalue weighted by Gasteiger charge is -2.20. The maximum Gasteiger partial charge on any atom is 0.328 e. The summed E-state index contributed by atoms with van der Waals surface area (Å²) >= 11 is 0. The number of hydrogen-bond acceptors (Lipinski definition) is 2. The zero-order valence-corrected chi connectivity index (χ0v) is 10.4. The lowest BCUT2D eigenvalue weighted by molar-refractivity contribution is 0.251. The maximum atomic E-state index is 11.7. The van der Waals surface area contributed by atoms with E-state index < -0.39 is 6.03 Å². The van der Waals surface area contributed by atoms with Crippen LogP contribution < -0.4 is 16.0 Å². The van der Waals surface area contributed by atoms with Crippen LogP contribution in [0.4, 0.5) is 10.5 Å². The first kappa shape index (κ1) is 13.0. The lowest BCUT2D eigenvalue weighted by Crippen LogP contribution is -2.44. The van der Waals surface area contributed by atoms with Crippen molar-refractivity contribution in [3.05, 3.63) is 29.3 Å². The lowest BCUT2D eigenvalue weighted by atomic mass is 10.1. The van der Waals surface area contributed by atoms with Crippen LogP contribution in [0.3, 0.4) is 0 Å². The van der Waals surface area contributed by atoms with Crippen LogP contribution in [0.15, 0.2) is 18.2 Å². The molecule has 0 aliphatic heterocycles. The number of urea groups is 1. The van der Waals surface area contributed by atoms with Crippen molar-refractivity contribution in [2.45, 2.75) is 20.3 Å². The Balaban J connectivity index is 2.99. The Morgan fingerprint density at radius 1 is 1.53 bits per heavy atom. The number of nitrogens with two attached hydrogens (primary N) is 1. The van der Waals surface area contributed by atoms with Crippen LogP contribution in [0.25, 0.3) is 0 Å². The molecule has 17 heavy (non-hydrogen) atoms. The molecule has 2 amide bonds. The van der Waals surface area contributed by atoms with Crippen molar-refractivity contribution in [3.63, 3.8) is 0 Å². The highest BCUT2D eigenvalue weighted by Crippen LogP contribution is 2.21. The molecular weight excluding hydrogens is 216 g/mol. The molecule has 0 aliphatic carbocycles. The molecule has 1 aromatic rings. The second-order valence-electron chi connectivity index (χ2n) is 3.89. The SMILES string of the molecule is CCc1cc(C)ccc1N(C)C(=O)NC(=N)N. The molecule has 0 radical (unpaired) electrons. The third-order valence-electron chi connectivity index (χ3n) is 2.52. The summed E-state index contributed by atoms with van der Waals surface area (Å²) in [6, 6.07) is 5.49. The topological polar surface area (TPSA) is 82.2 Å². The van der Waals surface area contributed by atoms with E-state index in [0.29, 0.717) is 0 Å². The van der Waals surface area contributed by atoms with Crippen molar-refractivity contribution >= 4 is 17.7 Å². The number of nitrogens with zero attached hydrogens (tertiary/aromatic N) is 1. The molecule has 0 spiro atoms. The van der Waals surface area contributed by atoms with Gasteiger partial charge in [-0.05, 0) is 25.0 Å². The average Bonchev–Trinajstić information content (AvgIpc) is 2.27. The Labute approximate surface area is 101 Å². The van der Waals surface area contributed by atoms with E-state index in [2.05, 4.69) is 5.32 Å². The number of aryl methyl sites for hydroxylation is 2. The van der Waals surface area contributed by atoms with Gasteiger partial charge in [0, 0.05) is 12.7 Å².